The third kappa shape index (κ3) is 1.98. The first kappa shape index (κ1) is 10.5. The lowest BCUT2D eigenvalue weighted by Gasteiger charge is -2.13. The Morgan fingerprint density at radius 3 is 2.59 bits per heavy atom. The minimum Gasteiger partial charge on any atom is -0.384 e. The minimum atomic E-state index is -0.415. The smallest absolute Gasteiger partial charge is 0.100 e. The van der Waals surface area contributed by atoms with Gasteiger partial charge in [0.15, 0.2) is 0 Å². The van der Waals surface area contributed by atoms with Crippen molar-refractivity contribution in [3.63, 3.8) is 0 Å². The first-order valence-electron chi connectivity index (χ1n) is 6.20. The molecule has 2 aromatic carbocycles. The van der Waals surface area contributed by atoms with Gasteiger partial charge in [0.05, 0.1) is 0 Å². The Morgan fingerprint density at radius 2 is 1.82 bits per heavy atom. The SMILES string of the molecule is OC(C1=CCCC1)c1ccc2ccccc2c1. The molecule has 0 spiro atoms. The molecule has 1 nitrogen and oxygen atoms in total. The maximum atomic E-state index is 10.3. The summed E-state index contributed by atoms with van der Waals surface area (Å²) in [6, 6.07) is 14.5. The molecule has 1 aliphatic carbocycles. The summed E-state index contributed by atoms with van der Waals surface area (Å²) >= 11 is 0. The highest BCUT2D eigenvalue weighted by atomic mass is 16.3. The predicted molar refractivity (Wildman–Crippen MR) is 70.8 cm³/mol. The number of benzene rings is 2. The van der Waals surface area contributed by atoms with Crippen LogP contribution < -0.4 is 0 Å². The average molecular weight is 224 g/mol. The van der Waals surface area contributed by atoms with Crippen LogP contribution in [0.4, 0.5) is 0 Å². The van der Waals surface area contributed by atoms with Crippen molar-refractivity contribution >= 4 is 10.8 Å². The zero-order chi connectivity index (χ0) is 11.7. The van der Waals surface area contributed by atoms with Crippen molar-refractivity contribution in [2.75, 3.05) is 0 Å². The van der Waals surface area contributed by atoms with Crippen LogP contribution in [0.5, 0.6) is 0 Å². The molecule has 0 saturated carbocycles. The number of aliphatic hydroxyl groups is 1. The van der Waals surface area contributed by atoms with Crippen molar-refractivity contribution in [3.05, 3.63) is 59.7 Å². The van der Waals surface area contributed by atoms with Gasteiger partial charge in [-0.3, -0.25) is 0 Å². The van der Waals surface area contributed by atoms with Gasteiger partial charge in [-0.25, -0.2) is 0 Å². The van der Waals surface area contributed by atoms with Gasteiger partial charge >= 0.3 is 0 Å². The Morgan fingerprint density at radius 1 is 1.00 bits per heavy atom. The number of fused-ring (bicyclic) bond motifs is 1. The molecule has 0 heterocycles. The highest BCUT2D eigenvalue weighted by Gasteiger charge is 2.16. The molecule has 0 fully saturated rings. The molecule has 0 radical (unpaired) electrons. The van der Waals surface area contributed by atoms with Crippen molar-refractivity contribution in [1.29, 1.82) is 0 Å². The van der Waals surface area contributed by atoms with Crippen LogP contribution in [0.15, 0.2) is 54.1 Å². The Kier molecular flexibility index (Phi) is 2.69. The third-order valence-corrected chi connectivity index (χ3v) is 3.52. The lowest BCUT2D eigenvalue weighted by molar-refractivity contribution is 0.213. The molecule has 17 heavy (non-hydrogen) atoms. The third-order valence-electron chi connectivity index (χ3n) is 3.52. The van der Waals surface area contributed by atoms with Gasteiger partial charge in [0.2, 0.25) is 0 Å². The second kappa shape index (κ2) is 4.34. The Bertz CT molecular complexity index is 569. The Balaban J connectivity index is 2.00. The van der Waals surface area contributed by atoms with Crippen molar-refractivity contribution in [1.82, 2.24) is 0 Å². The summed E-state index contributed by atoms with van der Waals surface area (Å²) in [5.41, 5.74) is 2.19. The molecule has 1 N–H and O–H groups in total. The second-order valence-corrected chi connectivity index (χ2v) is 4.68. The molecule has 1 aliphatic rings. The molecule has 1 atom stereocenters. The fourth-order valence-electron chi connectivity index (χ4n) is 2.54. The Hall–Kier alpha value is -1.60. The van der Waals surface area contributed by atoms with E-state index in [9.17, 15) is 5.11 Å². The van der Waals surface area contributed by atoms with Gasteiger partial charge in [-0.1, -0.05) is 42.5 Å². The van der Waals surface area contributed by atoms with E-state index < -0.39 is 6.10 Å². The molecule has 0 amide bonds. The first-order valence-corrected chi connectivity index (χ1v) is 6.20. The van der Waals surface area contributed by atoms with Crippen molar-refractivity contribution in [2.24, 2.45) is 0 Å². The van der Waals surface area contributed by atoms with Gasteiger partial charge in [0, 0.05) is 0 Å². The van der Waals surface area contributed by atoms with E-state index in [0.717, 1.165) is 18.4 Å². The summed E-state index contributed by atoms with van der Waals surface area (Å²) in [4.78, 5) is 0. The maximum absolute atomic E-state index is 10.3. The molecular formula is C16H16O. The topological polar surface area (TPSA) is 20.2 Å². The van der Waals surface area contributed by atoms with Crippen LogP contribution in [0.3, 0.4) is 0 Å². The number of hydrogen-bond donors (Lipinski definition) is 1. The van der Waals surface area contributed by atoms with Gasteiger partial charge in [-0.05, 0) is 47.2 Å². The van der Waals surface area contributed by atoms with Crippen molar-refractivity contribution < 1.29 is 5.11 Å². The van der Waals surface area contributed by atoms with Crippen LogP contribution in [0.1, 0.15) is 30.9 Å². The summed E-state index contributed by atoms with van der Waals surface area (Å²) in [7, 11) is 0. The summed E-state index contributed by atoms with van der Waals surface area (Å²) < 4.78 is 0. The first-order chi connectivity index (χ1) is 8.34. The lowest BCUT2D eigenvalue weighted by atomic mass is 9.98. The fourth-order valence-corrected chi connectivity index (χ4v) is 2.54. The van der Waals surface area contributed by atoms with Gasteiger partial charge in [-0.2, -0.15) is 0 Å². The number of hydrogen-bond acceptors (Lipinski definition) is 1. The maximum Gasteiger partial charge on any atom is 0.100 e. The van der Waals surface area contributed by atoms with Crippen molar-refractivity contribution in [3.8, 4) is 0 Å². The van der Waals surface area contributed by atoms with E-state index in [1.807, 2.05) is 18.2 Å². The fraction of sp³-hybridized carbons (Fsp3) is 0.250. The van der Waals surface area contributed by atoms with E-state index >= 15 is 0 Å². The lowest BCUT2D eigenvalue weighted by Crippen LogP contribution is -1.99. The summed E-state index contributed by atoms with van der Waals surface area (Å²) in [6.45, 7) is 0. The largest absolute Gasteiger partial charge is 0.384 e. The molecule has 2 aromatic rings. The zero-order valence-electron chi connectivity index (χ0n) is 9.76. The number of allylic oxidation sites excluding steroid dienone is 1. The molecule has 0 bridgehead atoms. The number of aliphatic hydroxyl groups excluding tert-OH is 1. The molecule has 0 saturated heterocycles. The summed E-state index contributed by atoms with van der Waals surface area (Å²) in [6.07, 6.45) is 5.09. The molecule has 0 aliphatic heterocycles. The van der Waals surface area contributed by atoms with Crippen LogP contribution in [0.25, 0.3) is 10.8 Å². The Labute approximate surface area is 101 Å². The van der Waals surface area contributed by atoms with Crippen LogP contribution in [-0.4, -0.2) is 5.11 Å². The second-order valence-electron chi connectivity index (χ2n) is 4.68. The van der Waals surface area contributed by atoms with E-state index in [2.05, 4.69) is 30.3 Å². The quantitative estimate of drug-likeness (QED) is 0.765. The highest BCUT2D eigenvalue weighted by Crippen LogP contribution is 2.31. The molecule has 1 heteroatoms. The summed E-state index contributed by atoms with van der Waals surface area (Å²) in [5.74, 6) is 0. The van der Waals surface area contributed by atoms with E-state index in [-0.39, 0.29) is 0 Å². The van der Waals surface area contributed by atoms with E-state index in [1.54, 1.807) is 0 Å². The summed E-state index contributed by atoms with van der Waals surface area (Å²) in [5, 5.41) is 12.7. The zero-order valence-corrected chi connectivity index (χ0v) is 9.76. The van der Waals surface area contributed by atoms with Crippen LogP contribution in [0.2, 0.25) is 0 Å². The molecule has 1 unspecified atom stereocenters. The van der Waals surface area contributed by atoms with Gasteiger partial charge in [0.1, 0.15) is 6.10 Å². The van der Waals surface area contributed by atoms with Gasteiger partial charge in [0.25, 0.3) is 0 Å². The van der Waals surface area contributed by atoms with Crippen LogP contribution >= 0.6 is 0 Å². The van der Waals surface area contributed by atoms with Crippen LogP contribution in [-0.2, 0) is 0 Å². The molecule has 3 rings (SSSR count). The molecule has 0 aromatic heterocycles. The van der Waals surface area contributed by atoms with E-state index in [0.29, 0.717) is 0 Å². The van der Waals surface area contributed by atoms with Gasteiger partial charge in [-0.15, -0.1) is 0 Å². The molecular weight excluding hydrogens is 208 g/mol. The normalized spacial score (nSPS) is 17.1. The predicted octanol–water partition coefficient (Wildman–Crippen LogP) is 3.98. The van der Waals surface area contributed by atoms with Gasteiger partial charge < -0.3 is 5.11 Å². The van der Waals surface area contributed by atoms with E-state index in [4.69, 9.17) is 0 Å². The van der Waals surface area contributed by atoms with E-state index in [1.165, 1.54) is 22.8 Å². The van der Waals surface area contributed by atoms with Crippen molar-refractivity contribution in [2.45, 2.75) is 25.4 Å². The number of rotatable bonds is 2. The minimum absolute atomic E-state index is 0.415. The highest BCUT2D eigenvalue weighted by molar-refractivity contribution is 5.83. The average Bonchev–Trinajstić information content (AvgIpc) is 2.91. The molecule has 86 valence electrons. The standard InChI is InChI=1S/C16H16O/c17-16(13-6-2-3-7-13)15-10-9-12-5-1-4-8-14(12)11-15/h1,4-6,8-11,16-17H,2-3,7H2. The monoisotopic (exact) mass is 224 g/mol. The van der Waals surface area contributed by atoms with Crippen LogP contribution in [0, 0.1) is 0 Å².